The molecule has 312 valence electrons. The van der Waals surface area contributed by atoms with E-state index in [9.17, 15) is 14.7 Å². The van der Waals surface area contributed by atoms with E-state index in [4.69, 9.17) is 4.74 Å². The number of rotatable bonds is 12. The van der Waals surface area contributed by atoms with Gasteiger partial charge in [-0.2, -0.15) is 0 Å². The summed E-state index contributed by atoms with van der Waals surface area (Å²) < 4.78 is 6.45. The second-order valence-electron chi connectivity index (χ2n) is 16.7. The summed E-state index contributed by atoms with van der Waals surface area (Å²) in [7, 11) is 0.126. The van der Waals surface area contributed by atoms with Crippen molar-refractivity contribution in [3.8, 4) is 11.5 Å². The molecule has 2 aliphatic heterocycles. The molecule has 2 unspecified atom stereocenters. The molecule has 3 aliphatic rings. The average Bonchev–Trinajstić information content (AvgIpc) is 3.31. The Bertz CT molecular complexity index is 2510. The van der Waals surface area contributed by atoms with Gasteiger partial charge < -0.3 is 19.6 Å². The van der Waals surface area contributed by atoms with Crippen LogP contribution in [-0.4, -0.2) is 72.5 Å². The van der Waals surface area contributed by atoms with Crippen molar-refractivity contribution >= 4 is 46.2 Å². The molecule has 1 aliphatic carbocycles. The third kappa shape index (κ3) is 8.23. The Morgan fingerprint density at radius 1 is 0.726 bits per heavy atom. The predicted molar refractivity (Wildman–Crippen MR) is 254 cm³/mol. The largest absolute Gasteiger partial charge is 0.508 e. The van der Waals surface area contributed by atoms with E-state index in [0.717, 1.165) is 66.7 Å². The van der Waals surface area contributed by atoms with Crippen molar-refractivity contribution in [3.05, 3.63) is 198 Å². The van der Waals surface area contributed by atoms with E-state index in [1.165, 1.54) is 15.9 Å². The van der Waals surface area contributed by atoms with Crippen LogP contribution in [0.1, 0.15) is 45.8 Å². The maximum Gasteiger partial charge on any atom is 0.253 e. The molecule has 8 heteroatoms. The Kier molecular flexibility index (Phi) is 11.9. The molecule has 0 aromatic heterocycles. The smallest absolute Gasteiger partial charge is 0.253 e. The zero-order chi connectivity index (χ0) is 42.6. The number of aryl methyl sites for hydroxylation is 1. The number of hydrogen-bond donors (Lipinski definition) is 1. The Morgan fingerprint density at radius 2 is 1.32 bits per heavy atom. The number of phenols is 1. The number of piperazine rings is 1. The first-order valence-electron chi connectivity index (χ1n) is 21.7. The minimum Gasteiger partial charge on any atom is -0.508 e. The summed E-state index contributed by atoms with van der Waals surface area (Å²) in [6, 6.07) is 52.7. The van der Waals surface area contributed by atoms with Crippen molar-refractivity contribution in [2.24, 2.45) is 5.92 Å². The zero-order valence-corrected chi connectivity index (χ0v) is 36.3. The summed E-state index contributed by atoms with van der Waals surface area (Å²) in [4.78, 5) is 33.2. The summed E-state index contributed by atoms with van der Waals surface area (Å²) >= 11 is 0. The van der Waals surface area contributed by atoms with Crippen LogP contribution < -0.4 is 25.6 Å². The molecular weight excluding hydrogens is 786 g/mol. The fourth-order valence-electron chi connectivity index (χ4n) is 9.62. The standard InChI is InChI=1S/C54H52N3O4P/c1-39-36-40(20-27-48(39)53-49-28-23-42(55(2)41-21-24-43(58)25-22-41)37-51(49)61-52-38-44(59)26-29-50(52)53)54(60)57-33-31-56(32-34-57)30-12-13-35-62(45-14-6-3-7-15-45,46-16-8-4-9-17-46)47-18-10-5-11-19-47/h3-11,14-29,36-38,50,53H,12-13,30-35H2,1-2H3/p+1. The molecule has 6 aromatic carbocycles. The van der Waals surface area contributed by atoms with E-state index in [0.29, 0.717) is 30.2 Å². The van der Waals surface area contributed by atoms with Crippen molar-refractivity contribution in [2.45, 2.75) is 25.7 Å². The lowest BCUT2D eigenvalue weighted by atomic mass is 9.74. The highest BCUT2D eigenvalue weighted by Gasteiger charge is 2.44. The minimum atomic E-state index is -1.85. The molecule has 9 rings (SSSR count). The summed E-state index contributed by atoms with van der Waals surface area (Å²) in [6.45, 7) is 6.24. The predicted octanol–water partition coefficient (Wildman–Crippen LogP) is 9.16. The molecule has 7 nitrogen and oxygen atoms in total. The number of ketones is 1. The maximum atomic E-state index is 14.0. The van der Waals surface area contributed by atoms with E-state index in [2.05, 4.69) is 121 Å². The van der Waals surface area contributed by atoms with Gasteiger partial charge in [-0.1, -0.05) is 72.8 Å². The number of allylic oxidation sites excluding steroid dienone is 3. The maximum absolute atomic E-state index is 14.0. The van der Waals surface area contributed by atoms with Crippen LogP contribution in [0.5, 0.6) is 11.5 Å². The Labute approximate surface area is 365 Å². The number of phenolic OH excluding ortho intramolecular Hbond substituents is 1. The first-order chi connectivity index (χ1) is 30.3. The third-order valence-corrected chi connectivity index (χ3v) is 17.5. The second kappa shape index (κ2) is 18.0. The van der Waals surface area contributed by atoms with Gasteiger partial charge in [0.05, 0.1) is 6.16 Å². The van der Waals surface area contributed by atoms with Gasteiger partial charge in [0.25, 0.3) is 5.91 Å². The van der Waals surface area contributed by atoms with E-state index < -0.39 is 7.26 Å². The van der Waals surface area contributed by atoms with Gasteiger partial charge in [-0.3, -0.25) is 14.5 Å². The van der Waals surface area contributed by atoms with Crippen LogP contribution in [0.4, 0.5) is 11.4 Å². The number of anilines is 2. The van der Waals surface area contributed by atoms with E-state index in [1.807, 2.05) is 53.3 Å². The Balaban J connectivity index is 0.864. The van der Waals surface area contributed by atoms with Crippen molar-refractivity contribution in [3.63, 3.8) is 0 Å². The van der Waals surface area contributed by atoms with Crippen molar-refractivity contribution in [1.29, 1.82) is 0 Å². The van der Waals surface area contributed by atoms with Crippen LogP contribution >= 0.6 is 7.26 Å². The van der Waals surface area contributed by atoms with Crippen LogP contribution in [0, 0.1) is 12.8 Å². The highest BCUT2D eigenvalue weighted by molar-refractivity contribution is 7.95. The quantitative estimate of drug-likeness (QED) is 0.0980. The molecule has 0 radical (unpaired) electrons. The molecule has 0 spiro atoms. The number of amides is 1. The average molecular weight is 839 g/mol. The highest BCUT2D eigenvalue weighted by atomic mass is 31.2. The molecule has 0 bridgehead atoms. The number of unbranched alkanes of at least 4 members (excludes halogenated alkanes) is 1. The zero-order valence-electron chi connectivity index (χ0n) is 35.4. The number of fused-ring (bicyclic) bond motifs is 2. The van der Waals surface area contributed by atoms with Gasteiger partial charge in [0.2, 0.25) is 0 Å². The molecule has 0 saturated carbocycles. The minimum absolute atomic E-state index is 0.0699. The van der Waals surface area contributed by atoms with Crippen molar-refractivity contribution in [2.75, 3.05) is 50.8 Å². The fourth-order valence-corrected chi connectivity index (χ4v) is 14.0. The lowest BCUT2D eigenvalue weighted by Gasteiger charge is -2.37. The second-order valence-corrected chi connectivity index (χ2v) is 20.3. The summed E-state index contributed by atoms with van der Waals surface area (Å²) in [5, 5.41) is 14.1. The van der Waals surface area contributed by atoms with E-state index in [-0.39, 0.29) is 29.3 Å². The molecular formula is C54H53N3O4P+. The Morgan fingerprint density at radius 3 is 1.94 bits per heavy atom. The highest BCUT2D eigenvalue weighted by Crippen LogP contribution is 2.56. The first-order valence-corrected chi connectivity index (χ1v) is 23.7. The topological polar surface area (TPSA) is 73.3 Å². The summed E-state index contributed by atoms with van der Waals surface area (Å²) in [6.07, 6.45) is 8.52. The molecule has 2 heterocycles. The van der Waals surface area contributed by atoms with Crippen LogP contribution in [0.3, 0.4) is 0 Å². The lowest BCUT2D eigenvalue weighted by Crippen LogP contribution is -2.48. The number of carbonyl (C=O) groups excluding carboxylic acids is 2. The normalized spacial score (nSPS) is 17.4. The SMILES string of the molecule is Cc1cc(C(=O)N2CCN(CCCC[P+](c3ccccc3)(c3ccccc3)c3ccccc3)CC2)ccc1C1c2ccc(N(C)c3ccc(O)cc3)cc2OC2=CC(=O)C=CC21. The van der Waals surface area contributed by atoms with Crippen molar-refractivity contribution < 1.29 is 19.4 Å². The van der Waals surface area contributed by atoms with Crippen molar-refractivity contribution in [1.82, 2.24) is 9.80 Å². The van der Waals surface area contributed by atoms with Gasteiger partial charge in [0.15, 0.2) is 5.78 Å². The van der Waals surface area contributed by atoms with E-state index >= 15 is 0 Å². The molecule has 1 amide bonds. The van der Waals surface area contributed by atoms with E-state index in [1.54, 1.807) is 24.3 Å². The van der Waals surface area contributed by atoms with Gasteiger partial charge in [-0.25, -0.2) is 0 Å². The summed E-state index contributed by atoms with van der Waals surface area (Å²) in [5.74, 6) is 1.27. The van der Waals surface area contributed by atoms with Gasteiger partial charge in [0, 0.05) is 79.7 Å². The number of nitrogens with zero attached hydrogens (tertiary/aromatic N) is 3. The molecule has 1 N–H and O–H groups in total. The van der Waals surface area contributed by atoms with Crippen LogP contribution in [0.25, 0.3) is 0 Å². The lowest BCUT2D eigenvalue weighted by molar-refractivity contribution is -0.110. The van der Waals surface area contributed by atoms with Gasteiger partial charge in [-0.15, -0.1) is 0 Å². The van der Waals surface area contributed by atoms with Gasteiger partial charge in [-0.05, 0) is 122 Å². The monoisotopic (exact) mass is 838 g/mol. The van der Waals surface area contributed by atoms with Crippen LogP contribution in [0.15, 0.2) is 176 Å². The van der Waals surface area contributed by atoms with Gasteiger partial charge in [0.1, 0.15) is 40.4 Å². The number of aromatic hydroxyl groups is 1. The summed E-state index contributed by atoms with van der Waals surface area (Å²) in [5.41, 5.74) is 5.70. The molecule has 6 aromatic rings. The molecule has 2 atom stereocenters. The molecule has 62 heavy (non-hydrogen) atoms. The molecule has 1 saturated heterocycles. The number of hydrogen-bond acceptors (Lipinski definition) is 6. The number of carbonyl (C=O) groups is 2. The van der Waals surface area contributed by atoms with Crippen LogP contribution in [-0.2, 0) is 4.79 Å². The number of benzene rings is 6. The molecule has 1 fully saturated rings. The van der Waals surface area contributed by atoms with Crippen LogP contribution in [0.2, 0.25) is 0 Å². The van der Waals surface area contributed by atoms with Gasteiger partial charge >= 0.3 is 0 Å². The first kappa shape index (κ1) is 41.1. The third-order valence-electron chi connectivity index (χ3n) is 12.9. The fraction of sp³-hybridized carbons (Fsp3) is 0.222. The number of ether oxygens (including phenoxy) is 1. The Hall–Kier alpha value is -6.27.